The van der Waals surface area contributed by atoms with Crippen molar-refractivity contribution < 1.29 is 18.3 Å². The number of fused-ring (bicyclic) bond motifs is 1. The number of ether oxygens (including phenoxy) is 1. The number of nitrogens with one attached hydrogen (secondary N) is 1. The summed E-state index contributed by atoms with van der Waals surface area (Å²) in [5.74, 6) is -1.88. The van der Waals surface area contributed by atoms with Crippen LogP contribution in [0.2, 0.25) is 0 Å². The maximum atomic E-state index is 14.0. The number of hydrogen-bond donors (Lipinski definition) is 2. The van der Waals surface area contributed by atoms with Gasteiger partial charge in [-0.15, -0.1) is 0 Å². The van der Waals surface area contributed by atoms with E-state index in [2.05, 4.69) is 10.1 Å². The molecule has 1 atom stereocenters. The number of para-hydroxylation sites is 1. The van der Waals surface area contributed by atoms with Crippen LogP contribution in [0.3, 0.4) is 0 Å². The van der Waals surface area contributed by atoms with Crippen LogP contribution < -0.4 is 10.5 Å². The molecule has 4 aromatic rings. The van der Waals surface area contributed by atoms with E-state index in [9.17, 15) is 13.6 Å². The third kappa shape index (κ3) is 3.67. The van der Waals surface area contributed by atoms with E-state index >= 15 is 0 Å². The summed E-state index contributed by atoms with van der Waals surface area (Å²) in [7, 11) is 0. The molecule has 172 valence electrons. The second-order valence-corrected chi connectivity index (χ2v) is 8.81. The van der Waals surface area contributed by atoms with Crippen molar-refractivity contribution in [1.29, 1.82) is 0 Å². The summed E-state index contributed by atoms with van der Waals surface area (Å²) in [4.78, 5) is 16.3. The van der Waals surface area contributed by atoms with E-state index in [0.717, 1.165) is 17.0 Å². The standard InChI is InChI=1S/C26H22F2N4O2/c1-26(2)13-16(34-21-9-5-7-18(27)23(21)28)10-11-22(26)32-25(29)17(14-30-32)24(33)20-12-15-6-3-4-8-19(15)31-20/h3-14,22,31H,29H2,1-2H3. The lowest BCUT2D eigenvalue weighted by Gasteiger charge is -2.33. The number of hydrogen-bond acceptors (Lipinski definition) is 4. The van der Waals surface area contributed by atoms with Gasteiger partial charge >= 0.3 is 0 Å². The predicted octanol–water partition coefficient (Wildman–Crippen LogP) is 5.56. The Bertz CT molecular complexity index is 1450. The molecule has 0 amide bonds. The Morgan fingerprint density at radius 1 is 1.18 bits per heavy atom. The quantitative estimate of drug-likeness (QED) is 0.382. The maximum absolute atomic E-state index is 14.0. The van der Waals surface area contributed by atoms with Gasteiger partial charge in [-0.25, -0.2) is 9.07 Å². The molecule has 5 rings (SSSR count). The first kappa shape index (κ1) is 21.6. The molecule has 0 saturated heterocycles. The summed E-state index contributed by atoms with van der Waals surface area (Å²) in [5.41, 5.74) is 7.40. The molecule has 2 heterocycles. The van der Waals surface area contributed by atoms with Crippen molar-refractivity contribution in [2.45, 2.75) is 19.9 Å². The van der Waals surface area contributed by atoms with Crippen molar-refractivity contribution in [1.82, 2.24) is 14.8 Å². The van der Waals surface area contributed by atoms with Crippen LogP contribution in [0.4, 0.5) is 14.6 Å². The number of nitrogen functional groups attached to an aromatic ring is 1. The first-order valence-corrected chi connectivity index (χ1v) is 10.7. The van der Waals surface area contributed by atoms with E-state index in [1.165, 1.54) is 18.3 Å². The number of nitrogens with two attached hydrogens (primary N) is 1. The van der Waals surface area contributed by atoms with Gasteiger partial charge in [-0.2, -0.15) is 9.49 Å². The number of ketones is 1. The summed E-state index contributed by atoms with van der Waals surface area (Å²) in [5, 5.41) is 5.33. The SMILES string of the molecule is CC1(C)C=C(Oc2cccc(F)c2F)C=CC1n1ncc(C(=O)c2cc3ccccc3[nH]2)c1N. The topological polar surface area (TPSA) is 85.9 Å². The highest BCUT2D eigenvalue weighted by Crippen LogP contribution is 2.40. The number of benzene rings is 2. The molecule has 0 spiro atoms. The van der Waals surface area contributed by atoms with Crippen molar-refractivity contribution in [2.24, 2.45) is 5.41 Å². The molecule has 0 radical (unpaired) electrons. The highest BCUT2D eigenvalue weighted by molar-refractivity contribution is 6.12. The van der Waals surface area contributed by atoms with E-state index in [4.69, 9.17) is 10.5 Å². The average Bonchev–Trinajstić information content (AvgIpc) is 3.40. The first-order chi connectivity index (χ1) is 16.2. The molecule has 0 fully saturated rings. The van der Waals surface area contributed by atoms with Crippen molar-refractivity contribution in [3.05, 3.63) is 102 Å². The minimum Gasteiger partial charge on any atom is -0.455 e. The molecule has 1 aliphatic rings. The normalized spacial score (nSPS) is 17.1. The Balaban J connectivity index is 1.41. The van der Waals surface area contributed by atoms with Gasteiger partial charge < -0.3 is 15.5 Å². The van der Waals surface area contributed by atoms with Crippen molar-refractivity contribution in [3.63, 3.8) is 0 Å². The Kier molecular flexibility index (Phi) is 5.08. The smallest absolute Gasteiger partial charge is 0.214 e. The van der Waals surface area contributed by atoms with Crippen LogP contribution in [0.25, 0.3) is 10.9 Å². The largest absolute Gasteiger partial charge is 0.455 e. The van der Waals surface area contributed by atoms with Gasteiger partial charge in [0.1, 0.15) is 11.6 Å². The predicted molar refractivity (Wildman–Crippen MR) is 125 cm³/mol. The zero-order valence-electron chi connectivity index (χ0n) is 18.5. The second-order valence-electron chi connectivity index (χ2n) is 8.81. The molecule has 3 N–H and O–H groups in total. The third-order valence-electron chi connectivity index (χ3n) is 5.98. The van der Waals surface area contributed by atoms with Crippen LogP contribution in [0.1, 0.15) is 35.9 Å². The summed E-state index contributed by atoms with van der Waals surface area (Å²) in [6.07, 6.45) is 6.72. The monoisotopic (exact) mass is 460 g/mol. The van der Waals surface area contributed by atoms with E-state index in [1.54, 1.807) is 22.9 Å². The van der Waals surface area contributed by atoms with Gasteiger partial charge in [0, 0.05) is 16.3 Å². The van der Waals surface area contributed by atoms with Gasteiger partial charge in [0.05, 0.1) is 23.5 Å². The third-order valence-corrected chi connectivity index (χ3v) is 5.98. The molecule has 2 aromatic heterocycles. The van der Waals surface area contributed by atoms with Gasteiger partial charge in [0.25, 0.3) is 0 Å². The summed E-state index contributed by atoms with van der Waals surface area (Å²) < 4.78 is 34.7. The van der Waals surface area contributed by atoms with Crippen molar-refractivity contribution >= 4 is 22.5 Å². The molecule has 0 bridgehead atoms. The molecule has 0 aliphatic heterocycles. The van der Waals surface area contributed by atoms with Gasteiger partial charge in [-0.05, 0) is 36.4 Å². The minimum atomic E-state index is -1.05. The van der Waals surface area contributed by atoms with E-state index in [-0.39, 0.29) is 23.4 Å². The van der Waals surface area contributed by atoms with Crippen LogP contribution in [0.5, 0.6) is 5.75 Å². The average molecular weight is 460 g/mol. The first-order valence-electron chi connectivity index (χ1n) is 10.7. The molecule has 1 unspecified atom stereocenters. The molecule has 34 heavy (non-hydrogen) atoms. The Labute approximate surface area is 194 Å². The number of nitrogens with zero attached hydrogens (tertiary/aromatic N) is 2. The van der Waals surface area contributed by atoms with Crippen LogP contribution in [-0.4, -0.2) is 20.5 Å². The van der Waals surface area contributed by atoms with Crippen LogP contribution in [0, 0.1) is 17.0 Å². The highest BCUT2D eigenvalue weighted by atomic mass is 19.2. The van der Waals surface area contributed by atoms with Gasteiger partial charge in [-0.1, -0.05) is 44.2 Å². The number of halogens is 2. The summed E-state index contributed by atoms with van der Waals surface area (Å²) >= 11 is 0. The van der Waals surface area contributed by atoms with Gasteiger partial charge in [0.15, 0.2) is 11.6 Å². The molecule has 2 aromatic carbocycles. The lowest BCUT2D eigenvalue weighted by molar-refractivity contribution is 0.103. The van der Waals surface area contributed by atoms with Crippen LogP contribution in [0.15, 0.2) is 78.7 Å². The fourth-order valence-corrected chi connectivity index (χ4v) is 4.19. The molecule has 6 nitrogen and oxygen atoms in total. The molecular weight excluding hydrogens is 438 g/mol. The fraction of sp³-hybridized carbons (Fsp3) is 0.154. The summed E-state index contributed by atoms with van der Waals surface area (Å²) in [6.45, 7) is 3.87. The van der Waals surface area contributed by atoms with E-state index < -0.39 is 17.0 Å². The second kappa shape index (κ2) is 7.98. The molecule has 0 saturated carbocycles. The molecular formula is C26H22F2N4O2. The maximum Gasteiger partial charge on any atom is 0.214 e. The minimum absolute atomic E-state index is 0.199. The van der Waals surface area contributed by atoms with Crippen LogP contribution >= 0.6 is 0 Å². The number of H-pyrrole nitrogens is 1. The summed E-state index contributed by atoms with van der Waals surface area (Å²) in [6, 6.07) is 12.8. The lowest BCUT2D eigenvalue weighted by atomic mass is 9.80. The Hall–Kier alpha value is -4.20. The fourth-order valence-electron chi connectivity index (χ4n) is 4.19. The number of aromatic nitrogens is 3. The highest BCUT2D eigenvalue weighted by Gasteiger charge is 2.34. The number of allylic oxidation sites excluding steroid dienone is 3. The molecule has 8 heteroatoms. The van der Waals surface area contributed by atoms with Crippen LogP contribution in [-0.2, 0) is 0 Å². The Morgan fingerprint density at radius 2 is 1.97 bits per heavy atom. The Morgan fingerprint density at radius 3 is 2.74 bits per heavy atom. The number of carbonyl (C=O) groups is 1. The number of aromatic amines is 1. The van der Waals surface area contributed by atoms with E-state index in [0.29, 0.717) is 17.0 Å². The van der Waals surface area contributed by atoms with Crippen molar-refractivity contribution in [2.75, 3.05) is 5.73 Å². The van der Waals surface area contributed by atoms with Gasteiger partial charge in [0.2, 0.25) is 11.6 Å². The number of rotatable bonds is 5. The molecule has 1 aliphatic carbocycles. The zero-order valence-corrected chi connectivity index (χ0v) is 18.5. The number of carbonyl (C=O) groups excluding carboxylic acids is 1. The van der Waals surface area contributed by atoms with E-state index in [1.807, 2.05) is 44.2 Å². The lowest BCUT2D eigenvalue weighted by Crippen LogP contribution is -2.29. The van der Waals surface area contributed by atoms with Gasteiger partial charge in [-0.3, -0.25) is 4.79 Å². The zero-order chi connectivity index (χ0) is 24.0. The number of anilines is 1. The van der Waals surface area contributed by atoms with Crippen molar-refractivity contribution in [3.8, 4) is 5.75 Å².